The van der Waals surface area contributed by atoms with Crippen LogP contribution >= 0.6 is 0 Å². The van der Waals surface area contributed by atoms with Gasteiger partial charge in [0.25, 0.3) is 0 Å². The van der Waals surface area contributed by atoms with E-state index in [4.69, 9.17) is 10.8 Å². The summed E-state index contributed by atoms with van der Waals surface area (Å²) in [7, 11) is 0. The van der Waals surface area contributed by atoms with Crippen LogP contribution in [0.2, 0.25) is 0 Å². The molecular formula is C24H18N8. The number of fused-ring (bicyclic) bond motifs is 1. The highest BCUT2D eigenvalue weighted by Gasteiger charge is 2.21. The maximum Gasteiger partial charge on any atom is 0.135 e. The summed E-state index contributed by atoms with van der Waals surface area (Å²) in [5.74, 6) is 0.337. The average molecular weight is 418 g/mol. The van der Waals surface area contributed by atoms with Crippen molar-refractivity contribution in [3.8, 4) is 28.6 Å². The molecule has 4 heterocycles. The lowest BCUT2D eigenvalue weighted by atomic mass is 9.97. The molecule has 0 fully saturated rings. The molecule has 0 aliphatic heterocycles. The maximum absolute atomic E-state index is 9.65. The van der Waals surface area contributed by atoms with Gasteiger partial charge in [-0.2, -0.15) is 10.4 Å². The first kappa shape index (κ1) is 19.3. The number of benzene rings is 1. The third-order valence-corrected chi connectivity index (χ3v) is 5.15. The second kappa shape index (κ2) is 7.89. The average Bonchev–Trinajstić information content (AvgIpc) is 3.23. The minimum Gasteiger partial charge on any atom is -0.383 e. The van der Waals surface area contributed by atoms with E-state index in [1.54, 1.807) is 23.0 Å². The molecule has 5 rings (SSSR count). The van der Waals surface area contributed by atoms with Crippen LogP contribution in [0.3, 0.4) is 0 Å². The summed E-state index contributed by atoms with van der Waals surface area (Å²) in [5.41, 5.74) is 11.9. The molecule has 2 N–H and O–H groups in total. The first-order valence-corrected chi connectivity index (χ1v) is 9.99. The van der Waals surface area contributed by atoms with Crippen molar-refractivity contribution in [3.05, 3.63) is 84.2 Å². The molecule has 0 atom stereocenters. The van der Waals surface area contributed by atoms with E-state index in [0.29, 0.717) is 51.3 Å². The fourth-order valence-corrected chi connectivity index (χ4v) is 3.74. The summed E-state index contributed by atoms with van der Waals surface area (Å²) in [6, 6.07) is 17.2. The molecule has 32 heavy (non-hydrogen) atoms. The van der Waals surface area contributed by atoms with Gasteiger partial charge in [-0.05, 0) is 31.2 Å². The summed E-state index contributed by atoms with van der Waals surface area (Å²) >= 11 is 0. The standard InChI is InChI=1S/C24H18N8/c1-15-5-4-7-17(29-15)12-32-13-19-23(31-32)21(20-9-10-27-14-28-20)22(30-24(19)26)18-8-3-2-6-16(18)11-25/h2-10,13-14H,12H2,1H3,(H2,26,30). The molecule has 0 saturated carbocycles. The van der Waals surface area contributed by atoms with Crippen molar-refractivity contribution in [2.45, 2.75) is 13.5 Å². The summed E-state index contributed by atoms with van der Waals surface area (Å²) in [6.07, 6.45) is 5.01. The Labute approximate surface area is 184 Å². The summed E-state index contributed by atoms with van der Waals surface area (Å²) < 4.78 is 1.80. The van der Waals surface area contributed by atoms with Crippen LogP contribution in [0.5, 0.6) is 0 Å². The van der Waals surface area contributed by atoms with Gasteiger partial charge in [-0.15, -0.1) is 0 Å². The first-order valence-electron chi connectivity index (χ1n) is 9.99. The fourth-order valence-electron chi connectivity index (χ4n) is 3.74. The van der Waals surface area contributed by atoms with Crippen LogP contribution in [0.1, 0.15) is 17.0 Å². The van der Waals surface area contributed by atoms with E-state index in [0.717, 1.165) is 11.4 Å². The summed E-state index contributed by atoms with van der Waals surface area (Å²) in [5, 5.41) is 15.2. The van der Waals surface area contributed by atoms with Gasteiger partial charge in [0, 0.05) is 23.7 Å². The van der Waals surface area contributed by atoms with Crippen molar-refractivity contribution in [2.24, 2.45) is 0 Å². The van der Waals surface area contributed by atoms with Crippen molar-refractivity contribution >= 4 is 16.7 Å². The minimum absolute atomic E-state index is 0.337. The Balaban J connectivity index is 1.77. The summed E-state index contributed by atoms with van der Waals surface area (Å²) in [4.78, 5) is 17.7. The molecule has 5 aromatic rings. The summed E-state index contributed by atoms with van der Waals surface area (Å²) in [6.45, 7) is 2.44. The number of nitrogens with two attached hydrogens (primary N) is 1. The Bertz CT molecular complexity index is 1480. The smallest absolute Gasteiger partial charge is 0.135 e. The zero-order valence-electron chi connectivity index (χ0n) is 17.3. The number of pyridine rings is 2. The maximum atomic E-state index is 9.65. The predicted octanol–water partition coefficient (Wildman–Crippen LogP) is 3.76. The molecule has 0 aliphatic carbocycles. The van der Waals surface area contributed by atoms with Gasteiger partial charge in [0.05, 0.1) is 46.2 Å². The van der Waals surface area contributed by atoms with E-state index < -0.39 is 0 Å². The van der Waals surface area contributed by atoms with Crippen LogP contribution in [0, 0.1) is 18.3 Å². The number of nitriles is 1. The molecule has 0 saturated heterocycles. The third kappa shape index (κ3) is 3.42. The van der Waals surface area contributed by atoms with Gasteiger partial charge in [0.2, 0.25) is 0 Å². The van der Waals surface area contributed by atoms with Gasteiger partial charge in [-0.3, -0.25) is 9.67 Å². The highest BCUT2D eigenvalue weighted by Crippen LogP contribution is 2.38. The molecule has 1 aromatic carbocycles. The van der Waals surface area contributed by atoms with Crippen LogP contribution < -0.4 is 5.73 Å². The van der Waals surface area contributed by atoms with Crippen molar-refractivity contribution in [1.82, 2.24) is 29.7 Å². The molecule has 0 amide bonds. The molecule has 4 aromatic heterocycles. The van der Waals surface area contributed by atoms with Crippen LogP contribution in [-0.4, -0.2) is 29.7 Å². The lowest BCUT2D eigenvalue weighted by Gasteiger charge is -2.12. The van der Waals surface area contributed by atoms with E-state index in [1.807, 2.05) is 49.5 Å². The van der Waals surface area contributed by atoms with Crippen LogP contribution in [0.25, 0.3) is 33.4 Å². The Morgan fingerprint density at radius 2 is 1.94 bits per heavy atom. The van der Waals surface area contributed by atoms with E-state index in [2.05, 4.69) is 26.0 Å². The predicted molar refractivity (Wildman–Crippen MR) is 121 cm³/mol. The van der Waals surface area contributed by atoms with Crippen LogP contribution in [0.15, 0.2) is 67.3 Å². The molecule has 0 bridgehead atoms. The van der Waals surface area contributed by atoms with Gasteiger partial charge in [-0.1, -0.05) is 24.3 Å². The van der Waals surface area contributed by atoms with Crippen molar-refractivity contribution in [1.29, 1.82) is 5.26 Å². The van der Waals surface area contributed by atoms with Crippen molar-refractivity contribution in [3.63, 3.8) is 0 Å². The molecule has 0 unspecified atom stereocenters. The number of nitrogen functional groups attached to an aromatic ring is 1. The fraction of sp³-hybridized carbons (Fsp3) is 0.0833. The number of hydrogen-bond acceptors (Lipinski definition) is 7. The Morgan fingerprint density at radius 1 is 1.06 bits per heavy atom. The largest absolute Gasteiger partial charge is 0.383 e. The Morgan fingerprint density at radius 3 is 2.72 bits per heavy atom. The molecule has 8 heteroatoms. The molecule has 0 spiro atoms. The number of rotatable bonds is 4. The number of nitrogens with zero attached hydrogens (tertiary/aromatic N) is 7. The van der Waals surface area contributed by atoms with Gasteiger partial charge < -0.3 is 5.73 Å². The quantitative estimate of drug-likeness (QED) is 0.472. The van der Waals surface area contributed by atoms with E-state index >= 15 is 0 Å². The van der Waals surface area contributed by atoms with E-state index in [-0.39, 0.29) is 0 Å². The van der Waals surface area contributed by atoms with E-state index in [1.165, 1.54) is 6.33 Å². The zero-order valence-corrected chi connectivity index (χ0v) is 17.3. The monoisotopic (exact) mass is 418 g/mol. The lowest BCUT2D eigenvalue weighted by Crippen LogP contribution is -2.03. The molecule has 0 radical (unpaired) electrons. The van der Waals surface area contributed by atoms with Crippen molar-refractivity contribution < 1.29 is 0 Å². The second-order valence-electron chi connectivity index (χ2n) is 7.33. The number of hydrogen-bond donors (Lipinski definition) is 1. The van der Waals surface area contributed by atoms with Crippen LogP contribution in [-0.2, 0) is 6.54 Å². The molecular weight excluding hydrogens is 400 g/mol. The third-order valence-electron chi connectivity index (χ3n) is 5.15. The highest BCUT2D eigenvalue weighted by molar-refractivity contribution is 6.04. The number of anilines is 1. The Kier molecular flexibility index (Phi) is 4.76. The normalized spacial score (nSPS) is 10.9. The van der Waals surface area contributed by atoms with Gasteiger partial charge in [0.15, 0.2) is 0 Å². The van der Waals surface area contributed by atoms with Crippen molar-refractivity contribution in [2.75, 3.05) is 5.73 Å². The van der Waals surface area contributed by atoms with E-state index in [9.17, 15) is 5.26 Å². The van der Waals surface area contributed by atoms with Crippen LogP contribution in [0.4, 0.5) is 5.82 Å². The van der Waals surface area contributed by atoms with Gasteiger partial charge in [-0.25, -0.2) is 15.0 Å². The first-order chi connectivity index (χ1) is 15.6. The molecule has 154 valence electrons. The topological polar surface area (TPSA) is 119 Å². The minimum atomic E-state index is 0.337. The SMILES string of the molecule is Cc1cccc(Cn2cc3c(N)nc(-c4ccccc4C#N)c(-c4ccncn4)c3n2)n1. The number of aryl methyl sites for hydroxylation is 1. The van der Waals surface area contributed by atoms with Gasteiger partial charge in [0.1, 0.15) is 17.7 Å². The second-order valence-corrected chi connectivity index (χ2v) is 7.33. The molecule has 0 aliphatic rings. The van der Waals surface area contributed by atoms with Gasteiger partial charge >= 0.3 is 0 Å². The Hall–Kier alpha value is -4.64. The molecule has 8 nitrogen and oxygen atoms in total. The lowest BCUT2D eigenvalue weighted by molar-refractivity contribution is 0.679. The highest BCUT2D eigenvalue weighted by atomic mass is 15.3. The zero-order chi connectivity index (χ0) is 22.1. The number of aromatic nitrogens is 6.